The van der Waals surface area contributed by atoms with Gasteiger partial charge in [0.15, 0.2) is 0 Å². The second-order valence-electron chi connectivity index (χ2n) is 4.98. The fourth-order valence-electron chi connectivity index (χ4n) is 2.33. The Morgan fingerprint density at radius 1 is 1.15 bits per heavy atom. The van der Waals surface area contributed by atoms with E-state index in [2.05, 4.69) is 20.7 Å². The number of sulfonamides is 1. The highest BCUT2D eigenvalue weighted by Crippen LogP contribution is 2.20. The molecule has 0 amide bonds. The highest BCUT2D eigenvalue weighted by molar-refractivity contribution is 9.10. The summed E-state index contributed by atoms with van der Waals surface area (Å²) in [6.45, 7) is 0.745. The van der Waals surface area contributed by atoms with Crippen LogP contribution >= 0.6 is 15.9 Å². The Bertz CT molecular complexity index is 510. The molecule has 4 nitrogen and oxygen atoms in total. The molecule has 1 aliphatic carbocycles. The standard InChI is InChI=1S/C14H20BrNO3S/c15-12-6-8-14(9-7-12)20(17,18)16-10-11-19-13-4-2-1-3-5-13/h6-9,13,16H,1-5,10-11H2. The van der Waals surface area contributed by atoms with E-state index in [4.69, 9.17) is 4.74 Å². The highest BCUT2D eigenvalue weighted by Gasteiger charge is 2.15. The van der Waals surface area contributed by atoms with Crippen LogP contribution in [0.25, 0.3) is 0 Å². The van der Waals surface area contributed by atoms with Gasteiger partial charge in [-0.1, -0.05) is 35.2 Å². The first-order valence-electron chi connectivity index (χ1n) is 6.95. The van der Waals surface area contributed by atoms with Gasteiger partial charge in [-0.15, -0.1) is 0 Å². The minimum atomic E-state index is -3.43. The molecule has 1 aromatic rings. The summed E-state index contributed by atoms with van der Waals surface area (Å²) >= 11 is 3.28. The predicted octanol–water partition coefficient (Wildman–Crippen LogP) is 3.08. The summed E-state index contributed by atoms with van der Waals surface area (Å²) in [5.74, 6) is 0. The van der Waals surface area contributed by atoms with Gasteiger partial charge in [0.1, 0.15) is 0 Å². The van der Waals surface area contributed by atoms with Gasteiger partial charge in [0.2, 0.25) is 10.0 Å². The number of halogens is 1. The van der Waals surface area contributed by atoms with E-state index in [0.717, 1.165) is 17.3 Å². The van der Waals surface area contributed by atoms with Crippen LogP contribution in [0.1, 0.15) is 32.1 Å². The SMILES string of the molecule is O=S(=O)(NCCOC1CCCCC1)c1ccc(Br)cc1. The number of nitrogens with one attached hydrogen (secondary N) is 1. The van der Waals surface area contributed by atoms with Crippen molar-refractivity contribution >= 4 is 26.0 Å². The summed E-state index contributed by atoms with van der Waals surface area (Å²) in [5, 5.41) is 0. The lowest BCUT2D eigenvalue weighted by Crippen LogP contribution is -2.29. The molecule has 6 heteroatoms. The molecule has 0 radical (unpaired) electrons. The summed E-state index contributed by atoms with van der Waals surface area (Å²) < 4.78 is 33.1. The first-order valence-corrected chi connectivity index (χ1v) is 9.22. The monoisotopic (exact) mass is 361 g/mol. The van der Waals surface area contributed by atoms with E-state index in [1.165, 1.54) is 19.3 Å². The van der Waals surface area contributed by atoms with Crippen LogP contribution in [0.3, 0.4) is 0 Å². The van der Waals surface area contributed by atoms with E-state index in [0.29, 0.717) is 19.3 Å². The molecule has 0 spiro atoms. The molecule has 2 rings (SSSR count). The summed E-state index contributed by atoms with van der Waals surface area (Å²) in [7, 11) is -3.43. The van der Waals surface area contributed by atoms with Gasteiger partial charge in [0.05, 0.1) is 17.6 Å². The van der Waals surface area contributed by atoms with Gasteiger partial charge in [0.25, 0.3) is 0 Å². The molecule has 0 bridgehead atoms. The smallest absolute Gasteiger partial charge is 0.240 e. The lowest BCUT2D eigenvalue weighted by molar-refractivity contribution is 0.0321. The molecular formula is C14H20BrNO3S. The third kappa shape index (κ3) is 4.84. The first kappa shape index (κ1) is 15.9. The molecule has 1 aromatic carbocycles. The predicted molar refractivity (Wildman–Crippen MR) is 82.2 cm³/mol. The van der Waals surface area contributed by atoms with Crippen molar-refractivity contribution in [1.29, 1.82) is 0 Å². The Morgan fingerprint density at radius 2 is 1.80 bits per heavy atom. The third-order valence-corrected chi connectivity index (χ3v) is 5.43. The Morgan fingerprint density at radius 3 is 2.45 bits per heavy atom. The average molecular weight is 362 g/mol. The lowest BCUT2D eigenvalue weighted by Gasteiger charge is -2.21. The number of hydrogen-bond donors (Lipinski definition) is 1. The van der Waals surface area contributed by atoms with Crippen molar-refractivity contribution in [1.82, 2.24) is 4.72 Å². The van der Waals surface area contributed by atoms with Gasteiger partial charge in [-0.25, -0.2) is 13.1 Å². The molecule has 1 N–H and O–H groups in total. The zero-order chi connectivity index (χ0) is 14.4. The summed E-state index contributed by atoms with van der Waals surface area (Å²) in [5.41, 5.74) is 0. The van der Waals surface area contributed by atoms with Crippen LogP contribution < -0.4 is 4.72 Å². The van der Waals surface area contributed by atoms with Gasteiger partial charge in [0, 0.05) is 11.0 Å². The van der Waals surface area contributed by atoms with Crippen molar-refractivity contribution in [3.8, 4) is 0 Å². The molecule has 0 atom stereocenters. The maximum atomic E-state index is 12.0. The third-order valence-electron chi connectivity index (χ3n) is 3.42. The fraction of sp³-hybridized carbons (Fsp3) is 0.571. The zero-order valence-electron chi connectivity index (χ0n) is 11.3. The summed E-state index contributed by atoms with van der Waals surface area (Å²) in [6, 6.07) is 6.59. The van der Waals surface area contributed by atoms with Crippen molar-refractivity contribution in [3.05, 3.63) is 28.7 Å². The number of ether oxygens (including phenoxy) is 1. The second kappa shape index (κ2) is 7.54. The Hall–Kier alpha value is -0.430. The van der Waals surface area contributed by atoms with Crippen molar-refractivity contribution < 1.29 is 13.2 Å². The van der Waals surface area contributed by atoms with Crippen LogP contribution in [0.5, 0.6) is 0 Å². The molecular weight excluding hydrogens is 342 g/mol. The van der Waals surface area contributed by atoms with E-state index in [1.807, 2.05) is 0 Å². The molecule has 112 valence electrons. The van der Waals surface area contributed by atoms with Gasteiger partial charge in [-0.3, -0.25) is 0 Å². The number of rotatable bonds is 6. The van der Waals surface area contributed by atoms with E-state index < -0.39 is 10.0 Å². The molecule has 1 aliphatic rings. The van der Waals surface area contributed by atoms with Crippen LogP contribution in [-0.4, -0.2) is 27.7 Å². The van der Waals surface area contributed by atoms with Crippen molar-refractivity contribution in [2.45, 2.75) is 43.1 Å². The Labute approximate surface area is 129 Å². The molecule has 0 aliphatic heterocycles. The van der Waals surface area contributed by atoms with Crippen molar-refractivity contribution in [3.63, 3.8) is 0 Å². The van der Waals surface area contributed by atoms with Gasteiger partial charge in [-0.05, 0) is 37.1 Å². The first-order chi connectivity index (χ1) is 9.58. The largest absolute Gasteiger partial charge is 0.377 e. The van der Waals surface area contributed by atoms with Crippen LogP contribution in [0.15, 0.2) is 33.6 Å². The summed E-state index contributed by atoms with van der Waals surface area (Å²) in [4.78, 5) is 0.276. The Balaban J connectivity index is 1.76. The molecule has 0 unspecified atom stereocenters. The van der Waals surface area contributed by atoms with Crippen LogP contribution in [0.4, 0.5) is 0 Å². The normalized spacial score (nSPS) is 17.2. The van der Waals surface area contributed by atoms with Gasteiger partial charge in [-0.2, -0.15) is 0 Å². The van der Waals surface area contributed by atoms with Crippen molar-refractivity contribution in [2.75, 3.05) is 13.2 Å². The van der Waals surface area contributed by atoms with Crippen molar-refractivity contribution in [2.24, 2.45) is 0 Å². The molecule has 0 heterocycles. The molecule has 0 aromatic heterocycles. The van der Waals surface area contributed by atoms with Crippen LogP contribution in [0.2, 0.25) is 0 Å². The zero-order valence-corrected chi connectivity index (χ0v) is 13.7. The van der Waals surface area contributed by atoms with Gasteiger partial charge >= 0.3 is 0 Å². The molecule has 1 saturated carbocycles. The number of benzene rings is 1. The van der Waals surface area contributed by atoms with E-state index in [1.54, 1.807) is 24.3 Å². The van der Waals surface area contributed by atoms with E-state index in [-0.39, 0.29) is 4.90 Å². The molecule has 1 fully saturated rings. The maximum Gasteiger partial charge on any atom is 0.240 e. The van der Waals surface area contributed by atoms with Gasteiger partial charge < -0.3 is 4.74 Å². The van der Waals surface area contributed by atoms with E-state index in [9.17, 15) is 8.42 Å². The summed E-state index contributed by atoms with van der Waals surface area (Å²) in [6.07, 6.45) is 6.22. The fourth-order valence-corrected chi connectivity index (χ4v) is 3.61. The van der Waals surface area contributed by atoms with Crippen LogP contribution in [0, 0.1) is 0 Å². The number of hydrogen-bond acceptors (Lipinski definition) is 3. The topological polar surface area (TPSA) is 55.4 Å². The Kier molecular flexibility index (Phi) is 6.01. The second-order valence-corrected chi connectivity index (χ2v) is 7.67. The highest BCUT2D eigenvalue weighted by atomic mass is 79.9. The average Bonchev–Trinajstić information content (AvgIpc) is 2.45. The lowest BCUT2D eigenvalue weighted by atomic mass is 9.98. The molecule has 20 heavy (non-hydrogen) atoms. The van der Waals surface area contributed by atoms with Crippen LogP contribution in [-0.2, 0) is 14.8 Å². The van der Waals surface area contributed by atoms with E-state index >= 15 is 0 Å². The minimum absolute atomic E-state index is 0.276. The molecule has 0 saturated heterocycles. The quantitative estimate of drug-likeness (QED) is 0.792. The maximum absolute atomic E-state index is 12.0. The minimum Gasteiger partial charge on any atom is -0.377 e.